The first kappa shape index (κ1) is 24.9. The summed E-state index contributed by atoms with van der Waals surface area (Å²) in [5.74, 6) is 0.870. The van der Waals surface area contributed by atoms with Gasteiger partial charge in [0.05, 0.1) is 13.2 Å². The van der Waals surface area contributed by atoms with Gasteiger partial charge in [0.25, 0.3) is 0 Å². The van der Waals surface area contributed by atoms with E-state index in [1.165, 1.54) is 70.6 Å². The standard InChI is InChI=1S/C23H49NO/c1-7-9-11-13-15-21(16-14-12-10-8-2)17-22(3,4)19-25-20-23(5,6)18-24/h21H,7-20,24H2,1-6H3. The summed E-state index contributed by atoms with van der Waals surface area (Å²) in [5.41, 5.74) is 6.18. The second-order valence-electron chi connectivity index (χ2n) is 9.79. The van der Waals surface area contributed by atoms with E-state index in [1.807, 2.05) is 0 Å². The van der Waals surface area contributed by atoms with Crippen LogP contribution in [0.25, 0.3) is 0 Å². The van der Waals surface area contributed by atoms with E-state index < -0.39 is 0 Å². The first-order valence-electron chi connectivity index (χ1n) is 11.0. The SMILES string of the molecule is CCCCCCC(CCCCCC)CC(C)(C)COCC(C)(C)CN. The Kier molecular flexibility index (Phi) is 14.0. The Morgan fingerprint density at radius 1 is 0.720 bits per heavy atom. The van der Waals surface area contributed by atoms with Gasteiger partial charge in [0.2, 0.25) is 0 Å². The van der Waals surface area contributed by atoms with Crippen LogP contribution in [0.15, 0.2) is 0 Å². The molecule has 0 radical (unpaired) electrons. The molecule has 0 bridgehead atoms. The fraction of sp³-hybridized carbons (Fsp3) is 1.00. The molecule has 0 amide bonds. The molecule has 25 heavy (non-hydrogen) atoms. The van der Waals surface area contributed by atoms with Crippen LogP contribution in [0.5, 0.6) is 0 Å². The van der Waals surface area contributed by atoms with E-state index in [4.69, 9.17) is 10.5 Å². The molecule has 0 aliphatic heterocycles. The second-order valence-corrected chi connectivity index (χ2v) is 9.79. The molecule has 152 valence electrons. The first-order chi connectivity index (χ1) is 11.8. The lowest BCUT2D eigenvalue weighted by atomic mass is 9.79. The van der Waals surface area contributed by atoms with Crippen LogP contribution in [0.1, 0.15) is 112 Å². The third-order valence-corrected chi connectivity index (χ3v) is 5.31. The van der Waals surface area contributed by atoms with Crippen molar-refractivity contribution in [3.63, 3.8) is 0 Å². The highest BCUT2D eigenvalue weighted by Gasteiger charge is 2.25. The van der Waals surface area contributed by atoms with Gasteiger partial charge in [-0.3, -0.25) is 0 Å². The van der Waals surface area contributed by atoms with Crippen LogP contribution < -0.4 is 5.73 Å². The van der Waals surface area contributed by atoms with Gasteiger partial charge in [0, 0.05) is 5.41 Å². The third kappa shape index (κ3) is 14.7. The molecule has 2 nitrogen and oxygen atoms in total. The zero-order chi connectivity index (χ0) is 19.2. The zero-order valence-electron chi connectivity index (χ0n) is 18.5. The summed E-state index contributed by atoms with van der Waals surface area (Å²) in [6.07, 6.45) is 15.2. The molecule has 0 unspecified atom stereocenters. The largest absolute Gasteiger partial charge is 0.380 e. The van der Waals surface area contributed by atoms with Crippen LogP contribution in [0, 0.1) is 16.7 Å². The van der Waals surface area contributed by atoms with E-state index >= 15 is 0 Å². The molecule has 0 heterocycles. The molecule has 0 aromatic carbocycles. The number of hydrogen-bond acceptors (Lipinski definition) is 2. The van der Waals surface area contributed by atoms with E-state index in [0.717, 1.165) is 19.1 Å². The summed E-state index contributed by atoms with van der Waals surface area (Å²) in [4.78, 5) is 0. The summed E-state index contributed by atoms with van der Waals surface area (Å²) in [6.45, 7) is 16.0. The van der Waals surface area contributed by atoms with E-state index in [9.17, 15) is 0 Å². The maximum absolute atomic E-state index is 6.06. The van der Waals surface area contributed by atoms with Gasteiger partial charge >= 0.3 is 0 Å². The highest BCUT2D eigenvalue weighted by Crippen LogP contribution is 2.32. The van der Waals surface area contributed by atoms with Crippen LogP contribution in [-0.2, 0) is 4.74 Å². The minimum Gasteiger partial charge on any atom is -0.380 e. The van der Waals surface area contributed by atoms with Crippen molar-refractivity contribution in [1.82, 2.24) is 0 Å². The van der Waals surface area contributed by atoms with Crippen molar-refractivity contribution in [2.75, 3.05) is 19.8 Å². The van der Waals surface area contributed by atoms with Crippen LogP contribution in [0.4, 0.5) is 0 Å². The van der Waals surface area contributed by atoms with E-state index in [-0.39, 0.29) is 10.8 Å². The first-order valence-corrected chi connectivity index (χ1v) is 11.0. The molecule has 0 aliphatic rings. The summed E-state index contributed by atoms with van der Waals surface area (Å²) < 4.78 is 6.06. The molecule has 0 aromatic rings. The predicted octanol–water partition coefficient (Wildman–Crippen LogP) is 6.96. The Bertz CT molecular complexity index is 286. The molecule has 0 rings (SSSR count). The molecule has 0 saturated carbocycles. The molecule has 2 heteroatoms. The maximum atomic E-state index is 6.06. The number of unbranched alkanes of at least 4 members (excludes halogenated alkanes) is 6. The molecule has 0 aromatic heterocycles. The monoisotopic (exact) mass is 355 g/mol. The van der Waals surface area contributed by atoms with Crippen molar-refractivity contribution in [2.24, 2.45) is 22.5 Å². The summed E-state index contributed by atoms with van der Waals surface area (Å²) in [7, 11) is 0. The molecular weight excluding hydrogens is 306 g/mol. The molecule has 0 spiro atoms. The maximum Gasteiger partial charge on any atom is 0.0529 e. The minimum absolute atomic E-state index is 0.0930. The van der Waals surface area contributed by atoms with Crippen molar-refractivity contribution >= 4 is 0 Å². The smallest absolute Gasteiger partial charge is 0.0529 e. The lowest BCUT2D eigenvalue weighted by molar-refractivity contribution is 0.00819. The Morgan fingerprint density at radius 2 is 1.20 bits per heavy atom. The lowest BCUT2D eigenvalue weighted by Gasteiger charge is -2.32. The Balaban J connectivity index is 4.34. The lowest BCUT2D eigenvalue weighted by Crippen LogP contribution is -2.31. The van der Waals surface area contributed by atoms with Gasteiger partial charge in [-0.25, -0.2) is 0 Å². The van der Waals surface area contributed by atoms with E-state index in [1.54, 1.807) is 0 Å². The van der Waals surface area contributed by atoms with Crippen LogP contribution in [-0.4, -0.2) is 19.8 Å². The second kappa shape index (κ2) is 14.0. The van der Waals surface area contributed by atoms with Crippen LogP contribution in [0.2, 0.25) is 0 Å². The highest BCUT2D eigenvalue weighted by molar-refractivity contribution is 4.75. The third-order valence-electron chi connectivity index (χ3n) is 5.31. The summed E-state index contributed by atoms with van der Waals surface area (Å²) in [6, 6.07) is 0. The number of rotatable bonds is 17. The van der Waals surface area contributed by atoms with Gasteiger partial charge < -0.3 is 10.5 Å². The zero-order valence-corrected chi connectivity index (χ0v) is 18.5. The van der Waals surface area contributed by atoms with Gasteiger partial charge in [-0.05, 0) is 24.3 Å². The summed E-state index contributed by atoms with van der Waals surface area (Å²) >= 11 is 0. The quantitative estimate of drug-likeness (QED) is 0.286. The normalized spacial score (nSPS) is 13.0. The van der Waals surface area contributed by atoms with Gasteiger partial charge in [-0.1, -0.05) is 106 Å². The van der Waals surface area contributed by atoms with Crippen molar-refractivity contribution in [2.45, 2.75) is 112 Å². The van der Waals surface area contributed by atoms with E-state index in [0.29, 0.717) is 6.54 Å². The molecule has 2 N–H and O–H groups in total. The molecule has 0 aliphatic carbocycles. The average molecular weight is 356 g/mol. The van der Waals surface area contributed by atoms with Gasteiger partial charge in [0.15, 0.2) is 0 Å². The topological polar surface area (TPSA) is 35.2 Å². The number of ether oxygens (including phenoxy) is 1. The van der Waals surface area contributed by atoms with Gasteiger partial charge in [-0.15, -0.1) is 0 Å². The number of hydrogen-bond donors (Lipinski definition) is 1. The van der Waals surface area contributed by atoms with Crippen LogP contribution >= 0.6 is 0 Å². The Morgan fingerprint density at radius 3 is 1.64 bits per heavy atom. The highest BCUT2D eigenvalue weighted by atomic mass is 16.5. The van der Waals surface area contributed by atoms with Gasteiger partial charge in [-0.2, -0.15) is 0 Å². The molecule has 0 atom stereocenters. The van der Waals surface area contributed by atoms with Crippen molar-refractivity contribution in [1.29, 1.82) is 0 Å². The van der Waals surface area contributed by atoms with Crippen molar-refractivity contribution in [3.8, 4) is 0 Å². The summed E-state index contributed by atoms with van der Waals surface area (Å²) in [5, 5.41) is 0. The van der Waals surface area contributed by atoms with Gasteiger partial charge in [0.1, 0.15) is 0 Å². The van der Waals surface area contributed by atoms with Crippen molar-refractivity contribution < 1.29 is 4.74 Å². The van der Waals surface area contributed by atoms with Crippen molar-refractivity contribution in [3.05, 3.63) is 0 Å². The number of nitrogens with two attached hydrogens (primary N) is 1. The van der Waals surface area contributed by atoms with Crippen LogP contribution in [0.3, 0.4) is 0 Å². The molecule has 0 fully saturated rings. The molecule has 0 saturated heterocycles. The fourth-order valence-corrected chi connectivity index (χ4v) is 3.57. The Labute approximate surface area is 159 Å². The average Bonchev–Trinajstić information content (AvgIpc) is 2.54. The molecular formula is C23H49NO. The van der Waals surface area contributed by atoms with E-state index in [2.05, 4.69) is 41.5 Å². The predicted molar refractivity (Wildman–Crippen MR) is 113 cm³/mol. The minimum atomic E-state index is 0.0930. The Hall–Kier alpha value is -0.0800. The fourth-order valence-electron chi connectivity index (χ4n) is 3.57.